The van der Waals surface area contributed by atoms with E-state index in [1.165, 1.54) is 10.9 Å². The van der Waals surface area contributed by atoms with Crippen LogP contribution in [0.15, 0.2) is 58.3 Å². The van der Waals surface area contributed by atoms with Crippen LogP contribution in [0.1, 0.15) is 27.3 Å². The molecule has 0 saturated carbocycles. The zero-order chi connectivity index (χ0) is 27.2. The zero-order valence-electron chi connectivity index (χ0n) is 21.2. The van der Waals surface area contributed by atoms with Gasteiger partial charge >= 0.3 is 0 Å². The number of rotatable bonds is 9. The van der Waals surface area contributed by atoms with Gasteiger partial charge in [-0.05, 0) is 52.8 Å². The molecule has 1 fully saturated rings. The summed E-state index contributed by atoms with van der Waals surface area (Å²) in [6.07, 6.45) is 1.52. The van der Waals surface area contributed by atoms with E-state index in [1.807, 2.05) is 48.5 Å². The van der Waals surface area contributed by atoms with Crippen molar-refractivity contribution in [2.24, 2.45) is 5.10 Å². The fourth-order valence-corrected chi connectivity index (χ4v) is 4.12. The van der Waals surface area contributed by atoms with Crippen molar-refractivity contribution >= 4 is 29.5 Å². The Morgan fingerprint density at radius 2 is 1.97 bits per heavy atom. The van der Waals surface area contributed by atoms with Gasteiger partial charge in [-0.2, -0.15) is 9.78 Å². The lowest BCUT2D eigenvalue weighted by Crippen LogP contribution is -2.44. The Hall–Kier alpha value is -4.33. The van der Waals surface area contributed by atoms with Crippen molar-refractivity contribution in [1.29, 1.82) is 0 Å². The maximum Gasteiger partial charge on any atom is 0.293 e. The molecule has 0 bridgehead atoms. The second-order valence-corrected chi connectivity index (χ2v) is 9.47. The SMILES string of the molecule is CN1CCN(Cc2c(C(=O)N/N=C\c3cccc(OCc4ccc(Cl)cc4)c3)nnn2-c2nonc2N)CC1. The molecule has 5 rings (SSSR count). The molecule has 0 aliphatic carbocycles. The number of hydrogen-bond acceptors (Lipinski definition) is 11. The quantitative estimate of drug-likeness (QED) is 0.233. The molecule has 1 amide bonds. The largest absolute Gasteiger partial charge is 0.489 e. The number of nitrogens with zero attached hydrogens (tertiary/aromatic N) is 8. The summed E-state index contributed by atoms with van der Waals surface area (Å²) in [4.78, 5) is 17.5. The van der Waals surface area contributed by atoms with Crippen LogP contribution >= 0.6 is 11.6 Å². The van der Waals surface area contributed by atoms with Crippen LogP contribution in [-0.2, 0) is 13.2 Å². The molecule has 1 aliphatic rings. The van der Waals surface area contributed by atoms with E-state index in [1.54, 1.807) is 0 Å². The highest BCUT2D eigenvalue weighted by molar-refractivity contribution is 6.30. The third kappa shape index (κ3) is 6.57. The molecular weight excluding hydrogens is 524 g/mol. The van der Waals surface area contributed by atoms with Gasteiger partial charge in [-0.25, -0.2) is 10.1 Å². The van der Waals surface area contributed by atoms with Crippen LogP contribution in [0, 0.1) is 0 Å². The van der Waals surface area contributed by atoms with Crippen molar-refractivity contribution in [1.82, 2.24) is 40.5 Å². The van der Waals surface area contributed by atoms with E-state index in [9.17, 15) is 4.79 Å². The zero-order valence-corrected chi connectivity index (χ0v) is 22.0. The number of likely N-dealkylation sites (N-methyl/N-ethyl adjacent to an activating group) is 1. The molecule has 0 radical (unpaired) electrons. The predicted molar refractivity (Wildman–Crippen MR) is 144 cm³/mol. The minimum atomic E-state index is -0.521. The van der Waals surface area contributed by atoms with Crippen LogP contribution in [0.25, 0.3) is 5.82 Å². The van der Waals surface area contributed by atoms with Gasteiger partial charge < -0.3 is 15.4 Å². The Labute approximate surface area is 229 Å². The molecule has 3 N–H and O–H groups in total. The molecule has 1 saturated heterocycles. The highest BCUT2D eigenvalue weighted by Gasteiger charge is 2.26. The second-order valence-electron chi connectivity index (χ2n) is 9.04. The van der Waals surface area contributed by atoms with Crippen LogP contribution in [-0.4, -0.2) is 80.5 Å². The molecule has 14 heteroatoms. The summed E-state index contributed by atoms with van der Waals surface area (Å²) >= 11 is 5.94. The van der Waals surface area contributed by atoms with Gasteiger partial charge in [0.15, 0.2) is 5.69 Å². The van der Waals surface area contributed by atoms with Crippen molar-refractivity contribution in [3.63, 3.8) is 0 Å². The first-order valence-corrected chi connectivity index (χ1v) is 12.6. The average molecular weight is 551 g/mol. The van der Waals surface area contributed by atoms with E-state index in [4.69, 9.17) is 26.7 Å². The molecule has 202 valence electrons. The Morgan fingerprint density at radius 1 is 1.18 bits per heavy atom. The van der Waals surface area contributed by atoms with Gasteiger partial charge in [0, 0.05) is 37.7 Å². The Morgan fingerprint density at radius 3 is 2.72 bits per heavy atom. The van der Waals surface area contributed by atoms with Crippen molar-refractivity contribution in [2.45, 2.75) is 13.2 Å². The lowest BCUT2D eigenvalue weighted by molar-refractivity contribution is 0.0946. The number of hydrogen-bond donors (Lipinski definition) is 2. The number of carbonyl (C=O) groups is 1. The molecule has 0 atom stereocenters. The lowest BCUT2D eigenvalue weighted by atomic mass is 10.2. The first kappa shape index (κ1) is 26.3. The smallest absolute Gasteiger partial charge is 0.293 e. The molecule has 2 aromatic heterocycles. The van der Waals surface area contributed by atoms with Gasteiger partial charge in [-0.15, -0.1) is 5.10 Å². The maximum atomic E-state index is 13.1. The van der Waals surface area contributed by atoms with Crippen LogP contribution in [0.3, 0.4) is 0 Å². The summed E-state index contributed by atoms with van der Waals surface area (Å²) in [5.74, 6) is 0.357. The second kappa shape index (κ2) is 12.0. The summed E-state index contributed by atoms with van der Waals surface area (Å²) in [7, 11) is 2.07. The number of carbonyl (C=O) groups excluding carboxylic acids is 1. The van der Waals surface area contributed by atoms with Crippen molar-refractivity contribution in [3.05, 3.63) is 76.1 Å². The number of nitrogens with one attached hydrogen (secondary N) is 1. The van der Waals surface area contributed by atoms with E-state index in [0.717, 1.165) is 37.3 Å². The van der Waals surface area contributed by atoms with Crippen molar-refractivity contribution in [3.8, 4) is 11.6 Å². The third-order valence-electron chi connectivity index (χ3n) is 6.20. The summed E-state index contributed by atoms with van der Waals surface area (Å²) in [6.45, 7) is 4.26. The Kier molecular flexibility index (Phi) is 8.10. The third-order valence-corrected chi connectivity index (χ3v) is 6.45. The van der Waals surface area contributed by atoms with Crippen molar-refractivity contribution < 1.29 is 14.2 Å². The van der Waals surface area contributed by atoms with E-state index >= 15 is 0 Å². The average Bonchev–Trinajstić information content (AvgIpc) is 3.55. The topological polar surface area (TPSA) is 153 Å². The molecule has 0 spiro atoms. The molecule has 3 heterocycles. The summed E-state index contributed by atoms with van der Waals surface area (Å²) in [5.41, 5.74) is 10.8. The number of benzene rings is 2. The van der Waals surface area contributed by atoms with Gasteiger partial charge in [0.2, 0.25) is 11.6 Å². The van der Waals surface area contributed by atoms with Gasteiger partial charge in [-0.1, -0.05) is 41.1 Å². The maximum absolute atomic E-state index is 13.1. The van der Waals surface area contributed by atoms with Crippen LogP contribution in [0.2, 0.25) is 5.02 Å². The van der Waals surface area contributed by atoms with Crippen LogP contribution in [0.5, 0.6) is 5.75 Å². The molecule has 2 aromatic carbocycles. The number of ether oxygens (including phenoxy) is 1. The number of halogens is 1. The van der Waals surface area contributed by atoms with Crippen molar-refractivity contribution in [2.75, 3.05) is 39.0 Å². The Balaban J connectivity index is 1.27. The van der Waals surface area contributed by atoms with Gasteiger partial charge in [-0.3, -0.25) is 9.69 Å². The molecule has 0 unspecified atom stereocenters. The fraction of sp³-hybridized carbons (Fsp3) is 0.280. The molecule has 1 aliphatic heterocycles. The van der Waals surface area contributed by atoms with Gasteiger partial charge in [0.05, 0.1) is 11.9 Å². The van der Waals surface area contributed by atoms with Crippen LogP contribution in [0.4, 0.5) is 5.82 Å². The number of hydrazone groups is 1. The van der Waals surface area contributed by atoms with Gasteiger partial charge in [0.25, 0.3) is 5.91 Å². The number of nitrogens with two attached hydrogens (primary N) is 1. The molecule has 39 heavy (non-hydrogen) atoms. The number of aromatic nitrogens is 5. The highest BCUT2D eigenvalue weighted by atomic mass is 35.5. The number of nitrogen functional groups attached to an aromatic ring is 1. The normalized spacial score (nSPS) is 14.6. The summed E-state index contributed by atoms with van der Waals surface area (Å²) < 4.78 is 12.0. The monoisotopic (exact) mass is 550 g/mol. The lowest BCUT2D eigenvalue weighted by Gasteiger charge is -2.32. The standard InChI is InChI=1S/C25H27ClN10O3/c1-34-9-11-35(12-10-34)15-21-22(29-33-36(21)24-23(27)31-39-32-24)25(37)30-28-14-18-3-2-4-20(13-18)38-16-17-5-7-19(26)8-6-17/h2-8,13-14H,9-12,15-16H2,1H3,(H2,27,31)(H,30,37)/b28-14-. The molecule has 4 aromatic rings. The van der Waals surface area contributed by atoms with E-state index in [2.05, 4.69) is 48.0 Å². The summed E-state index contributed by atoms with van der Waals surface area (Å²) in [6, 6.07) is 14.8. The van der Waals surface area contributed by atoms with Gasteiger partial charge in [0.1, 0.15) is 12.4 Å². The van der Waals surface area contributed by atoms with E-state index in [0.29, 0.717) is 29.6 Å². The first-order chi connectivity index (χ1) is 19.0. The highest BCUT2D eigenvalue weighted by Crippen LogP contribution is 2.19. The number of amides is 1. The number of anilines is 1. The minimum absolute atomic E-state index is 0.0441. The summed E-state index contributed by atoms with van der Waals surface area (Å²) in [5, 5.41) is 20.4. The van der Waals surface area contributed by atoms with Crippen LogP contribution < -0.4 is 15.9 Å². The Bertz CT molecular complexity index is 1440. The van der Waals surface area contributed by atoms with E-state index in [-0.39, 0.29) is 17.3 Å². The fourth-order valence-electron chi connectivity index (χ4n) is 4.00. The van der Waals surface area contributed by atoms with E-state index < -0.39 is 5.91 Å². The number of piperazine rings is 1. The minimum Gasteiger partial charge on any atom is -0.489 e. The predicted octanol–water partition coefficient (Wildman–Crippen LogP) is 1.98. The molecule has 13 nitrogen and oxygen atoms in total. The molecular formula is C25H27ClN10O3. The first-order valence-electron chi connectivity index (χ1n) is 12.2.